The third-order valence-electron chi connectivity index (χ3n) is 5.14. The Morgan fingerprint density at radius 1 is 1.29 bits per heavy atom. The van der Waals surface area contributed by atoms with Crippen molar-refractivity contribution in [2.24, 2.45) is 5.92 Å². The Morgan fingerprint density at radius 2 is 2.14 bits per heavy atom. The summed E-state index contributed by atoms with van der Waals surface area (Å²) in [6.07, 6.45) is 9.73. The molecule has 0 bridgehead atoms. The van der Waals surface area contributed by atoms with Gasteiger partial charge in [-0.15, -0.1) is 0 Å². The van der Waals surface area contributed by atoms with Crippen LogP contribution in [0.4, 0.5) is 0 Å². The van der Waals surface area contributed by atoms with Crippen LogP contribution >= 0.6 is 0 Å². The van der Waals surface area contributed by atoms with Gasteiger partial charge in [-0.1, -0.05) is 26.2 Å². The van der Waals surface area contributed by atoms with Crippen LogP contribution in [0.3, 0.4) is 0 Å². The minimum Gasteiger partial charge on any atom is -0.469 e. The number of methoxy groups -OCH3 is 1. The first kappa shape index (κ1) is 16.8. The van der Waals surface area contributed by atoms with E-state index in [9.17, 15) is 4.79 Å². The first-order chi connectivity index (χ1) is 10.2. The second-order valence-electron chi connectivity index (χ2n) is 6.55. The van der Waals surface area contributed by atoms with E-state index in [2.05, 4.69) is 11.8 Å². The molecule has 0 N–H and O–H groups in total. The Kier molecular flexibility index (Phi) is 6.97. The van der Waals surface area contributed by atoms with Crippen molar-refractivity contribution in [3.8, 4) is 0 Å². The van der Waals surface area contributed by atoms with Crippen LogP contribution in [0.5, 0.6) is 0 Å². The van der Waals surface area contributed by atoms with Gasteiger partial charge >= 0.3 is 5.97 Å². The SMILES string of the molecule is CCC1CCCC(N(CCC(=O)OC)CC2CCCO2)C1. The van der Waals surface area contributed by atoms with E-state index < -0.39 is 0 Å². The van der Waals surface area contributed by atoms with Crippen LogP contribution in [-0.4, -0.2) is 49.8 Å². The van der Waals surface area contributed by atoms with Crippen molar-refractivity contribution >= 4 is 5.97 Å². The minimum absolute atomic E-state index is 0.102. The normalized spacial score (nSPS) is 29.8. The van der Waals surface area contributed by atoms with Crippen molar-refractivity contribution in [2.45, 2.75) is 70.4 Å². The van der Waals surface area contributed by atoms with Gasteiger partial charge in [-0.2, -0.15) is 0 Å². The highest BCUT2D eigenvalue weighted by Crippen LogP contribution is 2.30. The van der Waals surface area contributed by atoms with Crippen LogP contribution in [-0.2, 0) is 14.3 Å². The molecule has 0 aromatic rings. The van der Waals surface area contributed by atoms with Gasteiger partial charge in [0.05, 0.1) is 19.6 Å². The molecule has 0 aromatic heterocycles. The number of rotatable bonds is 7. The Hall–Kier alpha value is -0.610. The monoisotopic (exact) mass is 297 g/mol. The molecule has 0 spiro atoms. The summed E-state index contributed by atoms with van der Waals surface area (Å²) < 4.78 is 10.6. The van der Waals surface area contributed by atoms with Crippen molar-refractivity contribution in [1.29, 1.82) is 0 Å². The number of nitrogens with zero attached hydrogens (tertiary/aromatic N) is 1. The van der Waals surface area contributed by atoms with E-state index in [-0.39, 0.29) is 5.97 Å². The summed E-state index contributed by atoms with van der Waals surface area (Å²) in [5.41, 5.74) is 0. The molecule has 0 amide bonds. The number of hydrogen-bond donors (Lipinski definition) is 0. The second kappa shape index (κ2) is 8.74. The Bertz CT molecular complexity index is 315. The molecule has 2 rings (SSSR count). The number of esters is 1. The van der Waals surface area contributed by atoms with Crippen LogP contribution in [0, 0.1) is 5.92 Å². The molecule has 2 aliphatic rings. The standard InChI is InChI=1S/C17H31NO3/c1-3-14-6-4-7-15(12-14)18(10-9-17(19)20-2)13-16-8-5-11-21-16/h14-16H,3-13H2,1-2H3. The highest BCUT2D eigenvalue weighted by molar-refractivity contribution is 5.69. The van der Waals surface area contributed by atoms with Gasteiger partial charge in [0.2, 0.25) is 0 Å². The van der Waals surface area contributed by atoms with Crippen LogP contribution in [0.2, 0.25) is 0 Å². The molecule has 1 saturated heterocycles. The summed E-state index contributed by atoms with van der Waals surface area (Å²) in [5, 5.41) is 0. The van der Waals surface area contributed by atoms with Gasteiger partial charge < -0.3 is 9.47 Å². The highest BCUT2D eigenvalue weighted by atomic mass is 16.5. The maximum atomic E-state index is 11.5. The Morgan fingerprint density at radius 3 is 2.81 bits per heavy atom. The fourth-order valence-corrected chi connectivity index (χ4v) is 3.77. The molecule has 1 aliphatic carbocycles. The smallest absolute Gasteiger partial charge is 0.306 e. The van der Waals surface area contributed by atoms with E-state index in [1.54, 1.807) is 0 Å². The topological polar surface area (TPSA) is 38.8 Å². The van der Waals surface area contributed by atoms with Gasteiger partial charge in [0.1, 0.15) is 0 Å². The molecule has 3 atom stereocenters. The number of carbonyl (C=O) groups excluding carboxylic acids is 1. The summed E-state index contributed by atoms with van der Waals surface area (Å²) in [7, 11) is 1.47. The molecular weight excluding hydrogens is 266 g/mol. The molecule has 0 aromatic carbocycles. The molecular formula is C17H31NO3. The van der Waals surface area contributed by atoms with E-state index in [1.807, 2.05) is 0 Å². The van der Waals surface area contributed by atoms with Gasteiger partial charge in [0.15, 0.2) is 0 Å². The third-order valence-corrected chi connectivity index (χ3v) is 5.14. The zero-order valence-electron chi connectivity index (χ0n) is 13.7. The van der Waals surface area contributed by atoms with E-state index in [1.165, 1.54) is 52.1 Å². The van der Waals surface area contributed by atoms with Crippen molar-refractivity contribution in [3.63, 3.8) is 0 Å². The lowest BCUT2D eigenvalue weighted by Crippen LogP contribution is -2.44. The van der Waals surface area contributed by atoms with Crippen LogP contribution in [0.15, 0.2) is 0 Å². The van der Waals surface area contributed by atoms with E-state index >= 15 is 0 Å². The fourth-order valence-electron chi connectivity index (χ4n) is 3.77. The lowest BCUT2D eigenvalue weighted by molar-refractivity contribution is -0.141. The van der Waals surface area contributed by atoms with Crippen molar-refractivity contribution < 1.29 is 14.3 Å². The van der Waals surface area contributed by atoms with Gasteiger partial charge in [-0.25, -0.2) is 0 Å². The molecule has 1 heterocycles. The molecule has 3 unspecified atom stereocenters. The lowest BCUT2D eigenvalue weighted by atomic mass is 9.83. The van der Waals surface area contributed by atoms with Crippen molar-refractivity contribution in [2.75, 3.05) is 26.8 Å². The quantitative estimate of drug-likeness (QED) is 0.677. The second-order valence-corrected chi connectivity index (χ2v) is 6.55. The number of hydrogen-bond acceptors (Lipinski definition) is 4. The Labute approximate surface area is 129 Å². The summed E-state index contributed by atoms with van der Waals surface area (Å²) in [4.78, 5) is 14.0. The molecule has 0 radical (unpaired) electrons. The maximum Gasteiger partial charge on any atom is 0.306 e. The lowest BCUT2D eigenvalue weighted by Gasteiger charge is -2.38. The highest BCUT2D eigenvalue weighted by Gasteiger charge is 2.29. The molecule has 21 heavy (non-hydrogen) atoms. The van der Waals surface area contributed by atoms with E-state index in [4.69, 9.17) is 9.47 Å². The summed E-state index contributed by atoms with van der Waals surface area (Å²) in [6.45, 7) is 5.00. The molecule has 4 heteroatoms. The largest absolute Gasteiger partial charge is 0.469 e. The molecule has 4 nitrogen and oxygen atoms in total. The summed E-state index contributed by atoms with van der Waals surface area (Å²) in [6, 6.07) is 0.623. The average molecular weight is 297 g/mol. The molecule has 1 aliphatic heterocycles. The summed E-state index contributed by atoms with van der Waals surface area (Å²) >= 11 is 0. The first-order valence-corrected chi connectivity index (χ1v) is 8.65. The predicted octanol–water partition coefficient (Wildman–Crippen LogP) is 3.00. The average Bonchev–Trinajstić information content (AvgIpc) is 3.04. The minimum atomic E-state index is -0.102. The molecule has 122 valence electrons. The van der Waals surface area contributed by atoms with Gasteiger partial charge in [-0.3, -0.25) is 9.69 Å². The maximum absolute atomic E-state index is 11.5. The van der Waals surface area contributed by atoms with Crippen LogP contribution < -0.4 is 0 Å². The van der Waals surface area contributed by atoms with Gasteiger partial charge in [-0.05, 0) is 31.6 Å². The Balaban J connectivity index is 1.90. The summed E-state index contributed by atoms with van der Waals surface area (Å²) in [5.74, 6) is 0.754. The first-order valence-electron chi connectivity index (χ1n) is 8.65. The number of carbonyl (C=O) groups is 1. The van der Waals surface area contributed by atoms with Gasteiger partial charge in [0.25, 0.3) is 0 Å². The zero-order valence-corrected chi connectivity index (χ0v) is 13.7. The van der Waals surface area contributed by atoms with E-state index in [0.717, 1.165) is 25.6 Å². The number of ether oxygens (including phenoxy) is 2. The predicted molar refractivity (Wildman–Crippen MR) is 83.2 cm³/mol. The van der Waals surface area contributed by atoms with Gasteiger partial charge in [0, 0.05) is 25.7 Å². The van der Waals surface area contributed by atoms with Crippen molar-refractivity contribution in [3.05, 3.63) is 0 Å². The third kappa shape index (κ3) is 5.26. The van der Waals surface area contributed by atoms with E-state index in [0.29, 0.717) is 18.6 Å². The molecule has 2 fully saturated rings. The van der Waals surface area contributed by atoms with Crippen molar-refractivity contribution in [1.82, 2.24) is 4.90 Å². The van der Waals surface area contributed by atoms with Crippen LogP contribution in [0.1, 0.15) is 58.3 Å². The van der Waals surface area contributed by atoms with Crippen LogP contribution in [0.25, 0.3) is 0 Å². The zero-order chi connectivity index (χ0) is 15.1. The molecule has 1 saturated carbocycles. The fraction of sp³-hybridized carbons (Fsp3) is 0.941.